The molecule has 0 bridgehead atoms. The van der Waals surface area contributed by atoms with Crippen molar-refractivity contribution in [3.05, 3.63) is 72.3 Å². The largest absolute Gasteiger partial charge is 0.457 e. The van der Waals surface area contributed by atoms with E-state index in [4.69, 9.17) is 4.74 Å². The van der Waals surface area contributed by atoms with Crippen LogP contribution in [0.2, 0.25) is 0 Å². The maximum absolute atomic E-state index is 6.32. The molecule has 0 heterocycles. The Balaban J connectivity index is 5.23. The van der Waals surface area contributed by atoms with Crippen molar-refractivity contribution >= 4 is 0 Å². The summed E-state index contributed by atoms with van der Waals surface area (Å²) in [5, 5.41) is 0. The maximum atomic E-state index is 6.32. The van der Waals surface area contributed by atoms with E-state index in [9.17, 15) is 0 Å². The van der Waals surface area contributed by atoms with Gasteiger partial charge in [-0.3, -0.25) is 0 Å². The molecule has 0 rings (SSSR count). The van der Waals surface area contributed by atoms with E-state index in [1.165, 1.54) is 64.2 Å². The minimum Gasteiger partial charge on any atom is -0.457 e. The second-order valence-electron chi connectivity index (χ2n) is 8.18. The van der Waals surface area contributed by atoms with Gasteiger partial charge in [0.2, 0.25) is 0 Å². The van der Waals surface area contributed by atoms with Gasteiger partial charge in [-0.25, -0.2) is 0 Å². The van der Waals surface area contributed by atoms with Gasteiger partial charge in [-0.2, -0.15) is 0 Å². The highest BCUT2D eigenvalue weighted by molar-refractivity contribution is 5.26. The Morgan fingerprint density at radius 3 is 1.26 bits per heavy atom. The summed E-state index contributed by atoms with van der Waals surface area (Å²) in [5.41, 5.74) is 0. The fourth-order valence-electron chi connectivity index (χ4n) is 2.97. The van der Waals surface area contributed by atoms with Gasteiger partial charge >= 0.3 is 0 Å². The summed E-state index contributed by atoms with van der Waals surface area (Å²) in [5.74, 6) is 1.83. The van der Waals surface area contributed by atoms with Gasteiger partial charge in [-0.15, -0.1) is 0 Å². The molecule has 0 aromatic carbocycles. The van der Waals surface area contributed by atoms with Gasteiger partial charge in [0.1, 0.15) is 11.5 Å². The van der Waals surface area contributed by atoms with Crippen molar-refractivity contribution < 1.29 is 4.74 Å². The van der Waals surface area contributed by atoms with Gasteiger partial charge in [0.05, 0.1) is 0 Å². The molecule has 0 aromatic rings. The topological polar surface area (TPSA) is 9.23 Å². The first-order valence-electron chi connectivity index (χ1n) is 13.0. The van der Waals surface area contributed by atoms with E-state index in [0.717, 1.165) is 37.2 Å². The van der Waals surface area contributed by atoms with Crippen molar-refractivity contribution in [2.45, 2.75) is 118 Å². The van der Waals surface area contributed by atoms with E-state index >= 15 is 0 Å². The predicted molar refractivity (Wildman–Crippen MR) is 141 cm³/mol. The smallest absolute Gasteiger partial charge is 0.127 e. The lowest BCUT2D eigenvalue weighted by molar-refractivity contribution is 0.336. The minimum atomic E-state index is 0.913. The summed E-state index contributed by atoms with van der Waals surface area (Å²) in [6.45, 7) is 8.96. The summed E-state index contributed by atoms with van der Waals surface area (Å²) in [7, 11) is 0. The predicted octanol–water partition coefficient (Wildman–Crippen LogP) is 10.5. The summed E-state index contributed by atoms with van der Waals surface area (Å²) < 4.78 is 6.32. The molecule has 0 fully saturated rings. The third-order valence-corrected chi connectivity index (χ3v) is 4.99. The lowest BCUT2D eigenvalue weighted by Gasteiger charge is -2.07. The zero-order valence-corrected chi connectivity index (χ0v) is 21.1. The van der Waals surface area contributed by atoms with Gasteiger partial charge in [0, 0.05) is 0 Å². The summed E-state index contributed by atoms with van der Waals surface area (Å²) in [6.07, 6.45) is 38.7. The van der Waals surface area contributed by atoms with E-state index in [-0.39, 0.29) is 0 Å². The first kappa shape index (κ1) is 29.2. The molecule has 0 saturated heterocycles. The van der Waals surface area contributed by atoms with Crippen molar-refractivity contribution in [1.29, 1.82) is 0 Å². The number of hydrogen-bond acceptors (Lipinski definition) is 1. The van der Waals surface area contributed by atoms with Crippen molar-refractivity contribution in [2.75, 3.05) is 0 Å². The second-order valence-corrected chi connectivity index (χ2v) is 8.18. The lowest BCUT2D eigenvalue weighted by atomic mass is 10.2. The molecule has 1 heteroatoms. The van der Waals surface area contributed by atoms with Crippen LogP contribution in [0.15, 0.2) is 72.3 Å². The molecule has 0 aliphatic carbocycles. The van der Waals surface area contributed by atoms with Crippen molar-refractivity contribution in [3.8, 4) is 0 Å². The fourth-order valence-corrected chi connectivity index (χ4v) is 2.97. The molecule has 0 aliphatic heterocycles. The molecule has 0 N–H and O–H groups in total. The van der Waals surface area contributed by atoms with E-state index in [1.54, 1.807) is 0 Å². The van der Waals surface area contributed by atoms with Crippen LogP contribution in [-0.4, -0.2) is 0 Å². The van der Waals surface area contributed by atoms with Crippen LogP contribution in [0.1, 0.15) is 118 Å². The molecule has 0 amide bonds. The summed E-state index contributed by atoms with van der Waals surface area (Å²) in [4.78, 5) is 0. The van der Waals surface area contributed by atoms with E-state index in [2.05, 4.69) is 88.5 Å². The summed E-state index contributed by atoms with van der Waals surface area (Å²) in [6, 6.07) is 0. The Hall–Kier alpha value is -1.76. The van der Waals surface area contributed by atoms with Crippen LogP contribution in [0.4, 0.5) is 0 Å². The Kier molecular flexibility index (Phi) is 23.1. The van der Waals surface area contributed by atoms with Crippen LogP contribution in [0.5, 0.6) is 0 Å². The molecular weight excluding hydrogens is 376 g/mol. The molecule has 0 aliphatic rings. The third kappa shape index (κ3) is 21.3. The molecular formula is C30H50O. The monoisotopic (exact) mass is 426 g/mol. The Labute approximate surface area is 194 Å². The Morgan fingerprint density at radius 2 is 0.871 bits per heavy atom. The maximum Gasteiger partial charge on any atom is 0.127 e. The average Bonchev–Trinajstić information content (AvgIpc) is 2.77. The van der Waals surface area contributed by atoms with Crippen LogP contribution in [0.25, 0.3) is 0 Å². The fraction of sp³-hybridized carbons (Fsp3) is 0.600. The van der Waals surface area contributed by atoms with E-state index in [0.29, 0.717) is 0 Å². The molecule has 31 heavy (non-hydrogen) atoms. The van der Waals surface area contributed by atoms with E-state index in [1.807, 2.05) is 0 Å². The van der Waals surface area contributed by atoms with Crippen molar-refractivity contribution in [2.24, 2.45) is 0 Å². The normalized spacial score (nSPS) is 13.5. The van der Waals surface area contributed by atoms with Crippen molar-refractivity contribution in [3.63, 3.8) is 0 Å². The number of unbranched alkanes of at least 4 members (excludes halogenated alkanes) is 10. The van der Waals surface area contributed by atoms with Crippen LogP contribution < -0.4 is 0 Å². The molecule has 0 aromatic heterocycles. The molecule has 176 valence electrons. The van der Waals surface area contributed by atoms with Crippen molar-refractivity contribution in [1.82, 2.24) is 0 Å². The molecule has 0 radical (unpaired) electrons. The highest BCUT2D eigenvalue weighted by atomic mass is 16.5. The molecule has 0 atom stereocenters. The molecule has 1 nitrogen and oxygen atoms in total. The molecule has 0 unspecified atom stereocenters. The van der Waals surface area contributed by atoms with Gasteiger partial charge in [-0.05, 0) is 62.8 Å². The van der Waals surface area contributed by atoms with Gasteiger partial charge in [-0.1, -0.05) is 116 Å². The number of allylic oxidation sites excluding steroid dienone is 10. The van der Waals surface area contributed by atoms with Gasteiger partial charge in [0.25, 0.3) is 0 Å². The Morgan fingerprint density at radius 1 is 0.484 bits per heavy atom. The third-order valence-electron chi connectivity index (χ3n) is 4.99. The number of rotatable bonds is 20. The van der Waals surface area contributed by atoms with Crippen LogP contribution in [0.3, 0.4) is 0 Å². The Bertz CT molecular complexity index is 507. The van der Waals surface area contributed by atoms with Gasteiger partial charge < -0.3 is 4.74 Å². The number of hydrogen-bond donors (Lipinski definition) is 0. The quantitative estimate of drug-likeness (QED) is 0.107. The average molecular weight is 427 g/mol. The zero-order valence-electron chi connectivity index (χ0n) is 21.1. The minimum absolute atomic E-state index is 0.913. The zero-order chi connectivity index (χ0) is 22.8. The first-order valence-corrected chi connectivity index (χ1v) is 13.0. The lowest BCUT2D eigenvalue weighted by Crippen LogP contribution is -1.89. The van der Waals surface area contributed by atoms with Crippen LogP contribution >= 0.6 is 0 Å². The van der Waals surface area contributed by atoms with Crippen LogP contribution in [0, 0.1) is 0 Å². The first-order chi connectivity index (χ1) is 15.3. The standard InChI is InChI=1S/C30H50O/c1-5-9-13-17-21-25-29(26-22-18-14-10-6-2)31-30(27-23-19-15-11-7-3)28-24-20-16-12-8-4/h17,19,21-28H,5-16,18,20H2,1-4H3/b21-17+,23-19+,26-22+,28-24+,29-25+,30-27+. The molecule has 0 saturated carbocycles. The SMILES string of the molecule is CCCC/C=C/C=C(\C=C\CCCCC)OC(/C=C/CCCCC)=C/C=C/CCCC. The number of ether oxygens (including phenoxy) is 1. The molecule has 0 spiro atoms. The van der Waals surface area contributed by atoms with Crippen LogP contribution in [-0.2, 0) is 4.74 Å². The highest BCUT2D eigenvalue weighted by Crippen LogP contribution is 2.14. The van der Waals surface area contributed by atoms with E-state index < -0.39 is 0 Å². The van der Waals surface area contributed by atoms with Gasteiger partial charge in [0.15, 0.2) is 0 Å². The summed E-state index contributed by atoms with van der Waals surface area (Å²) >= 11 is 0. The second kappa shape index (κ2) is 24.5. The highest BCUT2D eigenvalue weighted by Gasteiger charge is 1.97.